The highest BCUT2D eigenvalue weighted by Crippen LogP contribution is 2.09. The fourth-order valence-electron chi connectivity index (χ4n) is 1.14. The third-order valence-corrected chi connectivity index (χ3v) is 1.77. The van der Waals surface area contributed by atoms with Crippen molar-refractivity contribution in [2.45, 2.75) is 6.04 Å². The van der Waals surface area contributed by atoms with E-state index < -0.39 is 6.04 Å². The number of imidazole rings is 1. The molecule has 5 heteroatoms. The third kappa shape index (κ3) is 1.13. The van der Waals surface area contributed by atoms with Crippen LogP contribution >= 0.6 is 0 Å². The summed E-state index contributed by atoms with van der Waals surface area (Å²) in [5.74, 6) is 0.559. The minimum absolute atomic E-state index is 0.559. The normalized spacial score (nSPS) is 12.6. The van der Waals surface area contributed by atoms with Crippen molar-refractivity contribution in [2.24, 2.45) is 5.73 Å². The van der Waals surface area contributed by atoms with Gasteiger partial charge < -0.3 is 5.73 Å². The van der Waals surface area contributed by atoms with Crippen LogP contribution in [0.1, 0.15) is 11.7 Å². The number of fused-ring (bicyclic) bond motifs is 1. The van der Waals surface area contributed by atoms with Crippen LogP contribution in [0.2, 0.25) is 0 Å². The molecule has 1 unspecified atom stereocenters. The molecule has 0 aliphatic rings. The van der Waals surface area contributed by atoms with Crippen LogP contribution in [0.15, 0.2) is 24.7 Å². The first-order valence-electron chi connectivity index (χ1n) is 3.76. The van der Waals surface area contributed by atoms with E-state index in [2.05, 4.69) is 9.97 Å². The average molecular weight is 173 g/mol. The van der Waals surface area contributed by atoms with Gasteiger partial charge in [-0.1, -0.05) is 0 Å². The van der Waals surface area contributed by atoms with Crippen molar-refractivity contribution in [1.29, 1.82) is 5.26 Å². The predicted octanol–water partition coefficient (Wildman–Crippen LogP) is 0.253. The lowest BCUT2D eigenvalue weighted by atomic mass is 10.3. The van der Waals surface area contributed by atoms with E-state index in [4.69, 9.17) is 11.0 Å². The molecule has 0 aromatic carbocycles. The number of nitrogens with zero attached hydrogens (tertiary/aromatic N) is 4. The van der Waals surface area contributed by atoms with Crippen molar-refractivity contribution >= 4 is 5.78 Å². The van der Waals surface area contributed by atoms with Crippen LogP contribution in [-0.2, 0) is 0 Å². The van der Waals surface area contributed by atoms with Crippen LogP contribution in [-0.4, -0.2) is 14.4 Å². The summed E-state index contributed by atoms with van der Waals surface area (Å²) in [5.41, 5.74) is 6.21. The quantitative estimate of drug-likeness (QED) is 0.670. The summed E-state index contributed by atoms with van der Waals surface area (Å²) in [6.07, 6.45) is 4.99. The molecule has 2 aromatic rings. The van der Waals surface area contributed by atoms with E-state index >= 15 is 0 Å². The molecule has 5 nitrogen and oxygen atoms in total. The summed E-state index contributed by atoms with van der Waals surface area (Å²) in [7, 11) is 0. The SMILES string of the molecule is N#CC(N)c1cnc2ncccn12. The maximum Gasteiger partial charge on any atom is 0.233 e. The number of rotatable bonds is 1. The topological polar surface area (TPSA) is 80.0 Å². The van der Waals surface area contributed by atoms with Gasteiger partial charge in [0.05, 0.1) is 18.0 Å². The largest absolute Gasteiger partial charge is 0.311 e. The van der Waals surface area contributed by atoms with E-state index in [-0.39, 0.29) is 0 Å². The zero-order valence-electron chi connectivity index (χ0n) is 6.75. The van der Waals surface area contributed by atoms with E-state index in [0.717, 1.165) is 0 Å². The molecule has 2 rings (SSSR count). The molecule has 0 aliphatic heterocycles. The van der Waals surface area contributed by atoms with Gasteiger partial charge in [0, 0.05) is 12.4 Å². The molecule has 0 fully saturated rings. The molecular weight excluding hydrogens is 166 g/mol. The van der Waals surface area contributed by atoms with Crippen molar-refractivity contribution in [1.82, 2.24) is 14.4 Å². The second kappa shape index (κ2) is 2.84. The van der Waals surface area contributed by atoms with Crippen LogP contribution in [0.25, 0.3) is 5.78 Å². The second-order valence-electron chi connectivity index (χ2n) is 2.58. The summed E-state index contributed by atoms with van der Waals surface area (Å²) in [4.78, 5) is 8.01. The molecule has 0 saturated heterocycles. The monoisotopic (exact) mass is 173 g/mol. The van der Waals surface area contributed by atoms with E-state index in [1.165, 1.54) is 0 Å². The van der Waals surface area contributed by atoms with Gasteiger partial charge in [0.15, 0.2) is 0 Å². The van der Waals surface area contributed by atoms with Crippen molar-refractivity contribution in [3.05, 3.63) is 30.4 Å². The highest BCUT2D eigenvalue weighted by molar-refractivity contribution is 5.32. The van der Waals surface area contributed by atoms with Crippen LogP contribution < -0.4 is 5.73 Å². The van der Waals surface area contributed by atoms with Gasteiger partial charge in [-0.3, -0.25) is 4.40 Å². The summed E-state index contributed by atoms with van der Waals surface area (Å²) in [6, 6.07) is 3.06. The van der Waals surface area contributed by atoms with Gasteiger partial charge >= 0.3 is 0 Å². The molecule has 2 aromatic heterocycles. The van der Waals surface area contributed by atoms with E-state index in [1.54, 1.807) is 29.1 Å². The molecule has 1 atom stereocenters. The number of hydrogen-bond acceptors (Lipinski definition) is 4. The molecule has 2 heterocycles. The van der Waals surface area contributed by atoms with Gasteiger partial charge in [-0.05, 0) is 6.07 Å². The standard InChI is InChI=1S/C8H7N5/c9-4-6(10)7-5-12-8-11-2-1-3-13(7)8/h1-3,5-6H,10H2. The number of nitriles is 1. The highest BCUT2D eigenvalue weighted by Gasteiger charge is 2.09. The highest BCUT2D eigenvalue weighted by atomic mass is 15.1. The van der Waals surface area contributed by atoms with E-state index in [1.807, 2.05) is 6.07 Å². The number of nitrogens with two attached hydrogens (primary N) is 1. The number of hydrogen-bond donors (Lipinski definition) is 1. The molecule has 0 amide bonds. The van der Waals surface area contributed by atoms with Crippen LogP contribution in [0.4, 0.5) is 0 Å². The van der Waals surface area contributed by atoms with Crippen molar-refractivity contribution in [3.8, 4) is 6.07 Å². The fraction of sp³-hybridized carbons (Fsp3) is 0.125. The molecule has 0 aliphatic carbocycles. The molecule has 13 heavy (non-hydrogen) atoms. The second-order valence-corrected chi connectivity index (χ2v) is 2.58. The first-order chi connectivity index (χ1) is 6.33. The van der Waals surface area contributed by atoms with Gasteiger partial charge in [-0.25, -0.2) is 9.97 Å². The van der Waals surface area contributed by atoms with Crippen molar-refractivity contribution in [3.63, 3.8) is 0 Å². The lowest BCUT2D eigenvalue weighted by Crippen LogP contribution is -2.09. The third-order valence-electron chi connectivity index (χ3n) is 1.77. The first kappa shape index (κ1) is 7.71. The molecule has 2 N–H and O–H groups in total. The Morgan fingerprint density at radius 3 is 3.15 bits per heavy atom. The molecule has 0 saturated carbocycles. The van der Waals surface area contributed by atoms with Gasteiger partial charge in [-0.2, -0.15) is 5.26 Å². The summed E-state index contributed by atoms with van der Waals surface area (Å²) in [5, 5.41) is 8.63. The Morgan fingerprint density at radius 2 is 2.38 bits per heavy atom. The fourth-order valence-corrected chi connectivity index (χ4v) is 1.14. The smallest absolute Gasteiger partial charge is 0.233 e. The Hall–Kier alpha value is -1.93. The van der Waals surface area contributed by atoms with Crippen molar-refractivity contribution < 1.29 is 0 Å². The maximum absolute atomic E-state index is 8.63. The number of aromatic nitrogens is 3. The molecule has 0 spiro atoms. The Balaban J connectivity index is 2.66. The van der Waals surface area contributed by atoms with Gasteiger partial charge in [0.25, 0.3) is 0 Å². The lowest BCUT2D eigenvalue weighted by Gasteiger charge is -2.00. The van der Waals surface area contributed by atoms with Crippen LogP contribution in [0, 0.1) is 11.3 Å². The minimum Gasteiger partial charge on any atom is -0.311 e. The summed E-state index contributed by atoms with van der Waals surface area (Å²) in [6.45, 7) is 0. The molecule has 0 radical (unpaired) electrons. The first-order valence-corrected chi connectivity index (χ1v) is 3.76. The lowest BCUT2D eigenvalue weighted by molar-refractivity contribution is 0.853. The minimum atomic E-state index is -0.654. The van der Waals surface area contributed by atoms with Gasteiger partial charge in [-0.15, -0.1) is 0 Å². The zero-order chi connectivity index (χ0) is 9.26. The molecular formula is C8H7N5. The van der Waals surface area contributed by atoms with E-state index in [0.29, 0.717) is 11.5 Å². The Kier molecular flexibility index (Phi) is 1.69. The maximum atomic E-state index is 8.63. The Morgan fingerprint density at radius 1 is 1.54 bits per heavy atom. The van der Waals surface area contributed by atoms with E-state index in [9.17, 15) is 0 Å². The van der Waals surface area contributed by atoms with Crippen LogP contribution in [0.3, 0.4) is 0 Å². The average Bonchev–Trinajstić information content (AvgIpc) is 2.60. The summed E-state index contributed by atoms with van der Waals surface area (Å²) < 4.78 is 1.70. The predicted molar refractivity (Wildman–Crippen MR) is 45.5 cm³/mol. The van der Waals surface area contributed by atoms with Gasteiger partial charge in [0.2, 0.25) is 5.78 Å². The Labute approximate surface area is 74.5 Å². The van der Waals surface area contributed by atoms with Gasteiger partial charge in [0.1, 0.15) is 6.04 Å². The molecule has 0 bridgehead atoms. The molecule has 64 valence electrons. The summed E-state index contributed by atoms with van der Waals surface area (Å²) >= 11 is 0. The Bertz CT molecular complexity index is 467. The zero-order valence-corrected chi connectivity index (χ0v) is 6.75. The van der Waals surface area contributed by atoms with Crippen LogP contribution in [0.5, 0.6) is 0 Å². The van der Waals surface area contributed by atoms with Crippen molar-refractivity contribution in [2.75, 3.05) is 0 Å².